The van der Waals surface area contributed by atoms with Crippen LogP contribution in [0.3, 0.4) is 0 Å². The Kier molecular flexibility index (Phi) is 4.44. The summed E-state index contributed by atoms with van der Waals surface area (Å²) in [5.74, 6) is 1.00. The summed E-state index contributed by atoms with van der Waals surface area (Å²) in [5, 5.41) is 6.35. The first-order valence-electron chi connectivity index (χ1n) is 5.74. The van der Waals surface area contributed by atoms with Crippen LogP contribution in [0.5, 0.6) is 0 Å². The quantitative estimate of drug-likeness (QED) is 0.678. The molecule has 0 aromatic carbocycles. The molecule has 0 fully saturated rings. The van der Waals surface area contributed by atoms with Crippen LogP contribution in [-0.4, -0.2) is 27.8 Å². The summed E-state index contributed by atoms with van der Waals surface area (Å²) in [7, 11) is 0. The summed E-state index contributed by atoms with van der Waals surface area (Å²) >= 11 is 7.52. The second-order valence-electron chi connectivity index (χ2n) is 3.98. The van der Waals surface area contributed by atoms with Crippen LogP contribution in [0.15, 0.2) is 5.38 Å². The van der Waals surface area contributed by atoms with Gasteiger partial charge in [-0.2, -0.15) is 0 Å². The number of halogens is 1. The van der Waals surface area contributed by atoms with E-state index in [0.29, 0.717) is 30.0 Å². The van der Waals surface area contributed by atoms with E-state index in [1.165, 1.54) is 0 Å². The highest BCUT2D eigenvalue weighted by molar-refractivity contribution is 7.09. The molecule has 0 saturated heterocycles. The molecule has 0 aliphatic rings. The first-order valence-corrected chi connectivity index (χ1v) is 7.00. The number of hydrogen-bond acceptors (Lipinski definition) is 6. The molecule has 0 unspecified atom stereocenters. The predicted molar refractivity (Wildman–Crippen MR) is 76.2 cm³/mol. The summed E-state index contributed by atoms with van der Waals surface area (Å²) in [4.78, 5) is 23.5. The number of aldehydes is 1. The maximum Gasteiger partial charge on any atom is 0.156 e. The summed E-state index contributed by atoms with van der Waals surface area (Å²) in [6.07, 6.45) is 1.43. The third kappa shape index (κ3) is 3.48. The Morgan fingerprint density at radius 1 is 1.37 bits per heavy atom. The van der Waals surface area contributed by atoms with Gasteiger partial charge in [0, 0.05) is 18.3 Å². The van der Waals surface area contributed by atoms with Gasteiger partial charge in [-0.25, -0.2) is 15.0 Å². The van der Waals surface area contributed by atoms with Crippen molar-refractivity contribution in [1.29, 1.82) is 0 Å². The van der Waals surface area contributed by atoms with Gasteiger partial charge in [0.25, 0.3) is 0 Å². The first kappa shape index (κ1) is 13.9. The van der Waals surface area contributed by atoms with Gasteiger partial charge >= 0.3 is 0 Å². The largest absolute Gasteiger partial charge is 0.369 e. The van der Waals surface area contributed by atoms with Crippen LogP contribution in [0.25, 0.3) is 0 Å². The molecule has 0 saturated carbocycles. The van der Waals surface area contributed by atoms with E-state index in [9.17, 15) is 4.79 Å². The molecule has 0 spiro atoms. The fourth-order valence-electron chi connectivity index (χ4n) is 1.62. The van der Waals surface area contributed by atoms with Crippen LogP contribution in [-0.2, 0) is 6.42 Å². The number of nitrogens with one attached hydrogen (secondary N) is 1. The van der Waals surface area contributed by atoms with E-state index in [-0.39, 0.29) is 5.15 Å². The van der Waals surface area contributed by atoms with Crippen LogP contribution in [0.2, 0.25) is 5.15 Å². The molecule has 1 N–H and O–H groups in total. The molecule has 2 rings (SSSR count). The Morgan fingerprint density at radius 3 is 2.79 bits per heavy atom. The number of aryl methyl sites for hydroxylation is 2. The summed E-state index contributed by atoms with van der Waals surface area (Å²) in [5.41, 5.74) is 1.32. The Balaban J connectivity index is 2.05. The summed E-state index contributed by atoms with van der Waals surface area (Å²) in [6.45, 7) is 4.34. The number of nitrogens with zero attached hydrogens (tertiary/aromatic N) is 3. The molecule has 0 amide bonds. The lowest BCUT2D eigenvalue weighted by atomic mass is 10.3. The number of hydrogen-bond donors (Lipinski definition) is 1. The van der Waals surface area contributed by atoms with Crippen LogP contribution in [0.4, 0.5) is 5.82 Å². The molecular formula is C12H13ClN4OS. The first-order chi connectivity index (χ1) is 9.10. The van der Waals surface area contributed by atoms with Crippen molar-refractivity contribution in [2.24, 2.45) is 0 Å². The monoisotopic (exact) mass is 296 g/mol. The van der Waals surface area contributed by atoms with Crippen LogP contribution in [0.1, 0.15) is 26.9 Å². The minimum atomic E-state index is 0.175. The highest BCUT2D eigenvalue weighted by Crippen LogP contribution is 2.19. The Bertz CT molecular complexity index is 599. The van der Waals surface area contributed by atoms with Gasteiger partial charge in [0.2, 0.25) is 0 Å². The van der Waals surface area contributed by atoms with E-state index in [0.717, 1.165) is 17.1 Å². The Morgan fingerprint density at radius 2 is 2.16 bits per heavy atom. The fourth-order valence-corrected chi connectivity index (χ4v) is 2.52. The van der Waals surface area contributed by atoms with Crippen molar-refractivity contribution in [1.82, 2.24) is 15.0 Å². The average Bonchev–Trinajstić information content (AvgIpc) is 2.74. The van der Waals surface area contributed by atoms with Crippen molar-refractivity contribution in [3.8, 4) is 0 Å². The Hall–Kier alpha value is -1.53. The zero-order valence-electron chi connectivity index (χ0n) is 10.6. The van der Waals surface area contributed by atoms with Gasteiger partial charge < -0.3 is 5.32 Å². The summed E-state index contributed by atoms with van der Waals surface area (Å²) < 4.78 is 0. The van der Waals surface area contributed by atoms with Crippen molar-refractivity contribution in [2.75, 3.05) is 11.9 Å². The third-order valence-corrected chi connectivity index (χ3v) is 3.58. The number of anilines is 1. The zero-order chi connectivity index (χ0) is 13.8. The standard InChI is InChI=1S/C12H13ClN4OS/c1-7-15-11(13)10(5-18)12(16-7)14-4-3-9-6-19-8(2)17-9/h5-6H,3-4H2,1-2H3,(H,14,15,16). The molecule has 2 aromatic heterocycles. The van der Waals surface area contributed by atoms with E-state index in [1.807, 2.05) is 12.3 Å². The van der Waals surface area contributed by atoms with E-state index >= 15 is 0 Å². The maximum absolute atomic E-state index is 11.0. The molecule has 0 aliphatic carbocycles. The summed E-state index contributed by atoms with van der Waals surface area (Å²) in [6, 6.07) is 0. The molecule has 19 heavy (non-hydrogen) atoms. The van der Waals surface area contributed by atoms with Crippen molar-refractivity contribution in [3.63, 3.8) is 0 Å². The number of thiazole rings is 1. The minimum absolute atomic E-state index is 0.175. The topological polar surface area (TPSA) is 67.8 Å². The highest BCUT2D eigenvalue weighted by atomic mass is 35.5. The van der Waals surface area contributed by atoms with Crippen molar-refractivity contribution in [3.05, 3.63) is 32.6 Å². The predicted octanol–water partition coefficient (Wildman–Crippen LogP) is 2.67. The SMILES string of the molecule is Cc1nc(Cl)c(C=O)c(NCCc2csc(C)n2)n1. The van der Waals surface area contributed by atoms with Gasteiger partial charge in [0.05, 0.1) is 16.3 Å². The fraction of sp³-hybridized carbons (Fsp3) is 0.333. The lowest BCUT2D eigenvalue weighted by Gasteiger charge is -2.08. The van der Waals surface area contributed by atoms with E-state index in [2.05, 4.69) is 20.3 Å². The molecule has 7 heteroatoms. The molecule has 0 radical (unpaired) electrons. The van der Waals surface area contributed by atoms with Crippen molar-refractivity contribution < 1.29 is 4.79 Å². The molecule has 2 heterocycles. The van der Waals surface area contributed by atoms with Crippen molar-refractivity contribution in [2.45, 2.75) is 20.3 Å². The van der Waals surface area contributed by atoms with Crippen LogP contribution < -0.4 is 5.32 Å². The number of carbonyl (C=O) groups is 1. The third-order valence-electron chi connectivity index (χ3n) is 2.47. The number of aromatic nitrogens is 3. The molecule has 2 aromatic rings. The number of carbonyl (C=O) groups excluding carboxylic acids is 1. The zero-order valence-corrected chi connectivity index (χ0v) is 12.2. The van der Waals surface area contributed by atoms with E-state index in [1.54, 1.807) is 18.3 Å². The smallest absolute Gasteiger partial charge is 0.156 e. The van der Waals surface area contributed by atoms with Gasteiger partial charge in [0.1, 0.15) is 16.8 Å². The molecular weight excluding hydrogens is 284 g/mol. The Labute approximate surface area is 120 Å². The van der Waals surface area contributed by atoms with Gasteiger partial charge in [0.15, 0.2) is 6.29 Å². The van der Waals surface area contributed by atoms with E-state index < -0.39 is 0 Å². The highest BCUT2D eigenvalue weighted by Gasteiger charge is 2.10. The van der Waals surface area contributed by atoms with Gasteiger partial charge in [-0.05, 0) is 13.8 Å². The second kappa shape index (κ2) is 6.08. The average molecular weight is 297 g/mol. The van der Waals surface area contributed by atoms with Crippen LogP contribution >= 0.6 is 22.9 Å². The lowest BCUT2D eigenvalue weighted by Crippen LogP contribution is -2.10. The molecule has 100 valence electrons. The molecule has 0 atom stereocenters. The minimum Gasteiger partial charge on any atom is -0.369 e. The van der Waals surface area contributed by atoms with Gasteiger partial charge in [-0.15, -0.1) is 11.3 Å². The maximum atomic E-state index is 11.0. The van der Waals surface area contributed by atoms with Crippen molar-refractivity contribution >= 4 is 35.0 Å². The van der Waals surface area contributed by atoms with E-state index in [4.69, 9.17) is 11.6 Å². The molecule has 0 aliphatic heterocycles. The lowest BCUT2D eigenvalue weighted by molar-refractivity contribution is 0.112. The number of rotatable bonds is 5. The second-order valence-corrected chi connectivity index (χ2v) is 5.40. The van der Waals surface area contributed by atoms with Gasteiger partial charge in [-0.1, -0.05) is 11.6 Å². The molecule has 5 nitrogen and oxygen atoms in total. The van der Waals surface area contributed by atoms with Crippen LogP contribution in [0, 0.1) is 13.8 Å². The molecule has 0 bridgehead atoms. The van der Waals surface area contributed by atoms with Gasteiger partial charge in [-0.3, -0.25) is 4.79 Å². The normalized spacial score (nSPS) is 10.5.